The predicted molar refractivity (Wildman–Crippen MR) is 61.3 cm³/mol. The topological polar surface area (TPSA) is 20.2 Å². The highest BCUT2D eigenvalue weighted by Crippen LogP contribution is 2.41. The van der Waals surface area contributed by atoms with Crippen molar-refractivity contribution in [3.63, 3.8) is 0 Å². The monoisotopic (exact) mass is 198 g/mol. The summed E-state index contributed by atoms with van der Waals surface area (Å²) >= 11 is 0. The van der Waals surface area contributed by atoms with E-state index in [-0.39, 0.29) is 6.10 Å². The van der Waals surface area contributed by atoms with Crippen LogP contribution in [0, 0.1) is 11.3 Å². The van der Waals surface area contributed by atoms with Crippen molar-refractivity contribution in [1.29, 1.82) is 0 Å². The molecule has 1 aliphatic rings. The Morgan fingerprint density at radius 2 is 1.79 bits per heavy atom. The zero-order chi connectivity index (χ0) is 10.6. The van der Waals surface area contributed by atoms with Gasteiger partial charge in [0.15, 0.2) is 0 Å². The highest BCUT2D eigenvalue weighted by Gasteiger charge is 2.31. The summed E-state index contributed by atoms with van der Waals surface area (Å²) in [5.41, 5.74) is 0.343. The van der Waals surface area contributed by atoms with Crippen LogP contribution in [0.25, 0.3) is 0 Å². The van der Waals surface area contributed by atoms with E-state index in [9.17, 15) is 5.11 Å². The molecule has 0 aliphatic heterocycles. The van der Waals surface area contributed by atoms with E-state index in [1.807, 2.05) is 0 Å². The Kier molecular flexibility index (Phi) is 4.43. The summed E-state index contributed by atoms with van der Waals surface area (Å²) in [6, 6.07) is 0. The Labute approximate surface area is 88.9 Å². The predicted octanol–water partition coefficient (Wildman–Crippen LogP) is 3.75. The number of hydrogen-bond donors (Lipinski definition) is 1. The molecule has 0 bridgehead atoms. The van der Waals surface area contributed by atoms with Gasteiger partial charge in [-0.25, -0.2) is 0 Å². The fourth-order valence-corrected chi connectivity index (χ4v) is 2.80. The van der Waals surface area contributed by atoms with E-state index in [1.54, 1.807) is 0 Å². The van der Waals surface area contributed by atoms with Gasteiger partial charge in [-0.2, -0.15) is 0 Å². The SMILES string of the molecule is CCC(O)CC(C)(C)C1CCCCC1. The lowest BCUT2D eigenvalue weighted by atomic mass is 9.68. The van der Waals surface area contributed by atoms with Gasteiger partial charge in [0.1, 0.15) is 0 Å². The maximum Gasteiger partial charge on any atom is 0.0542 e. The molecule has 84 valence electrons. The molecule has 0 amide bonds. The molecule has 14 heavy (non-hydrogen) atoms. The minimum atomic E-state index is -0.0908. The first-order valence-electron chi connectivity index (χ1n) is 6.24. The van der Waals surface area contributed by atoms with E-state index in [0.717, 1.165) is 18.8 Å². The highest BCUT2D eigenvalue weighted by atomic mass is 16.3. The molecule has 0 spiro atoms. The Morgan fingerprint density at radius 1 is 1.21 bits per heavy atom. The minimum Gasteiger partial charge on any atom is -0.393 e. The second-order valence-electron chi connectivity index (χ2n) is 5.59. The molecular formula is C13H26O. The third kappa shape index (κ3) is 3.27. The van der Waals surface area contributed by atoms with Crippen molar-refractivity contribution in [2.45, 2.75) is 71.8 Å². The van der Waals surface area contributed by atoms with Gasteiger partial charge >= 0.3 is 0 Å². The molecule has 0 aromatic heterocycles. The van der Waals surface area contributed by atoms with Gasteiger partial charge < -0.3 is 5.11 Å². The van der Waals surface area contributed by atoms with E-state index >= 15 is 0 Å². The molecule has 1 aliphatic carbocycles. The summed E-state index contributed by atoms with van der Waals surface area (Å²) in [4.78, 5) is 0. The minimum absolute atomic E-state index is 0.0908. The van der Waals surface area contributed by atoms with E-state index in [1.165, 1.54) is 32.1 Å². The van der Waals surface area contributed by atoms with E-state index in [2.05, 4.69) is 20.8 Å². The van der Waals surface area contributed by atoms with Crippen molar-refractivity contribution >= 4 is 0 Å². The standard InChI is InChI=1S/C13H26O/c1-4-12(14)10-13(2,3)11-8-6-5-7-9-11/h11-12,14H,4-10H2,1-3H3. The smallest absolute Gasteiger partial charge is 0.0542 e. The van der Waals surface area contributed by atoms with Crippen LogP contribution < -0.4 is 0 Å². The lowest BCUT2D eigenvalue weighted by Crippen LogP contribution is -2.30. The Bertz CT molecular complexity index is 157. The number of hydrogen-bond acceptors (Lipinski definition) is 1. The van der Waals surface area contributed by atoms with Gasteiger partial charge in [0.25, 0.3) is 0 Å². The molecular weight excluding hydrogens is 172 g/mol. The lowest BCUT2D eigenvalue weighted by Gasteiger charge is -2.38. The molecule has 1 fully saturated rings. The highest BCUT2D eigenvalue weighted by molar-refractivity contribution is 4.82. The Balaban J connectivity index is 2.45. The molecule has 0 aromatic rings. The van der Waals surface area contributed by atoms with Crippen LogP contribution in [-0.2, 0) is 0 Å². The lowest BCUT2D eigenvalue weighted by molar-refractivity contribution is 0.0612. The maximum atomic E-state index is 9.72. The van der Waals surface area contributed by atoms with Gasteiger partial charge in [-0.05, 0) is 37.0 Å². The van der Waals surface area contributed by atoms with E-state index in [4.69, 9.17) is 0 Å². The summed E-state index contributed by atoms with van der Waals surface area (Å²) in [5.74, 6) is 0.845. The molecule has 1 N–H and O–H groups in total. The van der Waals surface area contributed by atoms with Crippen molar-refractivity contribution in [3.05, 3.63) is 0 Å². The summed E-state index contributed by atoms with van der Waals surface area (Å²) in [6.07, 6.45) is 8.76. The van der Waals surface area contributed by atoms with E-state index < -0.39 is 0 Å². The molecule has 0 saturated heterocycles. The number of aliphatic hydroxyl groups excluding tert-OH is 1. The largest absolute Gasteiger partial charge is 0.393 e. The fraction of sp³-hybridized carbons (Fsp3) is 1.00. The molecule has 1 unspecified atom stereocenters. The molecule has 1 heteroatoms. The van der Waals surface area contributed by atoms with Gasteiger partial charge in [0, 0.05) is 0 Å². The quantitative estimate of drug-likeness (QED) is 0.729. The van der Waals surface area contributed by atoms with E-state index in [0.29, 0.717) is 5.41 Å². The third-order valence-corrected chi connectivity index (χ3v) is 3.94. The zero-order valence-electron chi connectivity index (χ0n) is 10.1. The molecule has 1 rings (SSSR count). The molecule has 1 atom stereocenters. The molecule has 1 nitrogen and oxygen atoms in total. The Morgan fingerprint density at radius 3 is 2.29 bits per heavy atom. The molecule has 0 aromatic carbocycles. The van der Waals surface area contributed by atoms with Gasteiger partial charge in [0.05, 0.1) is 6.10 Å². The number of aliphatic hydroxyl groups is 1. The van der Waals surface area contributed by atoms with Crippen LogP contribution in [0.5, 0.6) is 0 Å². The maximum absolute atomic E-state index is 9.72. The average Bonchev–Trinajstić information content (AvgIpc) is 2.18. The summed E-state index contributed by atoms with van der Waals surface area (Å²) in [6.45, 7) is 6.74. The molecule has 0 radical (unpaired) electrons. The van der Waals surface area contributed by atoms with Crippen molar-refractivity contribution < 1.29 is 5.11 Å². The van der Waals surface area contributed by atoms with Crippen molar-refractivity contribution in [1.82, 2.24) is 0 Å². The second kappa shape index (κ2) is 5.16. The molecule has 1 saturated carbocycles. The summed E-state index contributed by atoms with van der Waals surface area (Å²) < 4.78 is 0. The average molecular weight is 198 g/mol. The first-order chi connectivity index (χ1) is 6.56. The normalized spacial score (nSPS) is 22.3. The molecule has 0 heterocycles. The summed E-state index contributed by atoms with van der Waals surface area (Å²) in [5, 5.41) is 9.72. The van der Waals surface area contributed by atoms with Crippen molar-refractivity contribution in [3.8, 4) is 0 Å². The third-order valence-electron chi connectivity index (χ3n) is 3.94. The first-order valence-corrected chi connectivity index (χ1v) is 6.24. The second-order valence-corrected chi connectivity index (χ2v) is 5.59. The first kappa shape index (κ1) is 12.0. The van der Waals surface area contributed by atoms with Crippen LogP contribution in [0.4, 0.5) is 0 Å². The summed E-state index contributed by atoms with van der Waals surface area (Å²) in [7, 11) is 0. The fourth-order valence-electron chi connectivity index (χ4n) is 2.80. The van der Waals surface area contributed by atoms with Crippen LogP contribution in [0.2, 0.25) is 0 Å². The van der Waals surface area contributed by atoms with Crippen LogP contribution in [0.15, 0.2) is 0 Å². The van der Waals surface area contributed by atoms with Gasteiger partial charge in [-0.1, -0.05) is 40.0 Å². The van der Waals surface area contributed by atoms with Crippen LogP contribution in [-0.4, -0.2) is 11.2 Å². The van der Waals surface area contributed by atoms with Crippen LogP contribution >= 0.6 is 0 Å². The van der Waals surface area contributed by atoms with Gasteiger partial charge in [-0.3, -0.25) is 0 Å². The van der Waals surface area contributed by atoms with Crippen LogP contribution in [0.1, 0.15) is 65.7 Å². The number of rotatable bonds is 4. The van der Waals surface area contributed by atoms with Crippen molar-refractivity contribution in [2.75, 3.05) is 0 Å². The Hall–Kier alpha value is -0.0400. The van der Waals surface area contributed by atoms with Crippen LogP contribution in [0.3, 0.4) is 0 Å². The van der Waals surface area contributed by atoms with Gasteiger partial charge in [-0.15, -0.1) is 0 Å². The zero-order valence-corrected chi connectivity index (χ0v) is 10.1. The van der Waals surface area contributed by atoms with Gasteiger partial charge in [0.2, 0.25) is 0 Å². The van der Waals surface area contributed by atoms with Crippen molar-refractivity contribution in [2.24, 2.45) is 11.3 Å².